The first kappa shape index (κ1) is 13.3. The van der Waals surface area contributed by atoms with E-state index in [1.807, 2.05) is 11.8 Å². The minimum Gasteiger partial charge on any atom is -0.353 e. The van der Waals surface area contributed by atoms with Gasteiger partial charge in [0, 0.05) is 37.5 Å². The van der Waals surface area contributed by atoms with E-state index < -0.39 is 0 Å². The van der Waals surface area contributed by atoms with Crippen molar-refractivity contribution in [3.63, 3.8) is 0 Å². The van der Waals surface area contributed by atoms with Crippen LogP contribution in [0.1, 0.15) is 32.6 Å². The van der Waals surface area contributed by atoms with E-state index in [4.69, 9.17) is 5.73 Å². The monoisotopic (exact) mass is 253 g/mol. The summed E-state index contributed by atoms with van der Waals surface area (Å²) in [6, 6.07) is 0.246. The van der Waals surface area contributed by atoms with Crippen molar-refractivity contribution in [1.29, 1.82) is 0 Å². The van der Waals surface area contributed by atoms with E-state index in [1.54, 1.807) is 0 Å². The zero-order valence-corrected chi connectivity index (χ0v) is 11.0. The van der Waals surface area contributed by atoms with E-state index in [9.17, 15) is 9.59 Å². The van der Waals surface area contributed by atoms with Crippen LogP contribution in [-0.4, -0.2) is 42.4 Å². The largest absolute Gasteiger partial charge is 0.353 e. The van der Waals surface area contributed by atoms with Gasteiger partial charge in [-0.2, -0.15) is 0 Å². The lowest BCUT2D eigenvalue weighted by Crippen LogP contribution is -2.48. The van der Waals surface area contributed by atoms with Crippen molar-refractivity contribution in [2.24, 2.45) is 17.6 Å². The normalized spacial score (nSPS) is 22.7. The summed E-state index contributed by atoms with van der Waals surface area (Å²) < 4.78 is 0. The third kappa shape index (κ3) is 3.22. The number of hydrogen-bond donors (Lipinski definition) is 2. The highest BCUT2D eigenvalue weighted by atomic mass is 16.2. The number of nitrogens with two attached hydrogens (primary N) is 1. The smallest absolute Gasteiger partial charge is 0.226 e. The molecule has 2 fully saturated rings. The van der Waals surface area contributed by atoms with Crippen LogP contribution < -0.4 is 11.1 Å². The van der Waals surface area contributed by atoms with Gasteiger partial charge in [-0.15, -0.1) is 0 Å². The minimum atomic E-state index is -0.0948. The molecule has 0 aromatic rings. The highest BCUT2D eigenvalue weighted by Gasteiger charge is 2.32. The predicted octanol–water partition coefficient (Wildman–Crippen LogP) is 0.0984. The van der Waals surface area contributed by atoms with Crippen LogP contribution in [0.25, 0.3) is 0 Å². The van der Waals surface area contributed by atoms with Crippen molar-refractivity contribution in [3.05, 3.63) is 0 Å². The molecule has 1 saturated carbocycles. The molecule has 1 heterocycles. The molecular formula is C13H23N3O2. The van der Waals surface area contributed by atoms with Gasteiger partial charge < -0.3 is 16.0 Å². The highest BCUT2D eigenvalue weighted by molar-refractivity contribution is 5.81. The van der Waals surface area contributed by atoms with E-state index >= 15 is 0 Å². The summed E-state index contributed by atoms with van der Waals surface area (Å²) in [5.41, 5.74) is 5.51. The molecule has 1 saturated heterocycles. The number of amides is 2. The fraction of sp³-hybridized carbons (Fsp3) is 0.846. The van der Waals surface area contributed by atoms with Crippen molar-refractivity contribution < 1.29 is 9.59 Å². The van der Waals surface area contributed by atoms with Gasteiger partial charge >= 0.3 is 0 Å². The van der Waals surface area contributed by atoms with Crippen LogP contribution in [0.15, 0.2) is 0 Å². The maximum atomic E-state index is 11.9. The maximum absolute atomic E-state index is 11.9. The van der Waals surface area contributed by atoms with Crippen LogP contribution in [0, 0.1) is 11.8 Å². The lowest BCUT2D eigenvalue weighted by Gasteiger charge is -2.33. The highest BCUT2D eigenvalue weighted by Crippen LogP contribution is 2.29. The standard InChI is InChI=1S/C13H23N3O2/c1-9(8-14)13(18)16-6-4-11(5-7-16)15-12(17)10-2-3-10/h9-11H,2-8,14H2,1H3,(H,15,17). The van der Waals surface area contributed by atoms with Gasteiger partial charge in [0.15, 0.2) is 0 Å². The first-order valence-electron chi connectivity index (χ1n) is 6.91. The van der Waals surface area contributed by atoms with E-state index in [-0.39, 0.29) is 29.7 Å². The topological polar surface area (TPSA) is 75.4 Å². The lowest BCUT2D eigenvalue weighted by molar-refractivity contribution is -0.135. The SMILES string of the molecule is CC(CN)C(=O)N1CCC(NC(=O)C2CC2)CC1. The van der Waals surface area contributed by atoms with Crippen molar-refractivity contribution in [3.8, 4) is 0 Å². The number of nitrogens with one attached hydrogen (secondary N) is 1. The number of piperidine rings is 1. The first-order valence-corrected chi connectivity index (χ1v) is 6.91. The minimum absolute atomic E-state index is 0.0948. The zero-order valence-electron chi connectivity index (χ0n) is 11.0. The molecule has 0 spiro atoms. The molecule has 1 aliphatic heterocycles. The summed E-state index contributed by atoms with van der Waals surface area (Å²) in [6.45, 7) is 3.73. The van der Waals surface area contributed by atoms with E-state index in [2.05, 4.69) is 5.32 Å². The number of rotatable bonds is 4. The molecule has 2 rings (SSSR count). The molecule has 0 aromatic heterocycles. The number of carbonyl (C=O) groups excluding carboxylic acids is 2. The van der Waals surface area contributed by atoms with Gasteiger partial charge in [0.1, 0.15) is 0 Å². The average Bonchev–Trinajstić information content (AvgIpc) is 3.22. The van der Waals surface area contributed by atoms with Crippen LogP contribution in [-0.2, 0) is 9.59 Å². The number of carbonyl (C=O) groups is 2. The van der Waals surface area contributed by atoms with Gasteiger partial charge in [-0.1, -0.05) is 6.92 Å². The summed E-state index contributed by atoms with van der Waals surface area (Å²) in [7, 11) is 0. The lowest BCUT2D eigenvalue weighted by atomic mass is 10.0. The molecular weight excluding hydrogens is 230 g/mol. The predicted molar refractivity (Wildman–Crippen MR) is 68.7 cm³/mol. The second-order valence-corrected chi connectivity index (χ2v) is 5.52. The van der Waals surface area contributed by atoms with Crippen LogP contribution in [0.5, 0.6) is 0 Å². The zero-order chi connectivity index (χ0) is 13.1. The molecule has 5 heteroatoms. The van der Waals surface area contributed by atoms with Crippen LogP contribution in [0.3, 0.4) is 0 Å². The van der Waals surface area contributed by atoms with Gasteiger partial charge in [0.25, 0.3) is 0 Å². The Hall–Kier alpha value is -1.10. The Morgan fingerprint density at radius 3 is 2.39 bits per heavy atom. The molecule has 2 aliphatic rings. The Kier molecular flexibility index (Phi) is 4.22. The number of hydrogen-bond acceptors (Lipinski definition) is 3. The molecule has 1 atom stereocenters. The molecule has 18 heavy (non-hydrogen) atoms. The molecule has 0 aromatic carbocycles. The fourth-order valence-electron chi connectivity index (χ4n) is 2.32. The molecule has 0 bridgehead atoms. The Bertz CT molecular complexity index is 320. The van der Waals surface area contributed by atoms with Crippen LogP contribution in [0.2, 0.25) is 0 Å². The molecule has 5 nitrogen and oxygen atoms in total. The summed E-state index contributed by atoms with van der Waals surface area (Å²) in [5, 5.41) is 3.08. The Labute approximate surface area is 108 Å². The molecule has 2 amide bonds. The molecule has 1 aliphatic carbocycles. The van der Waals surface area contributed by atoms with Crippen molar-refractivity contribution in [2.75, 3.05) is 19.6 Å². The van der Waals surface area contributed by atoms with E-state index in [0.717, 1.165) is 38.8 Å². The Balaban J connectivity index is 1.73. The van der Waals surface area contributed by atoms with Gasteiger partial charge in [-0.05, 0) is 25.7 Å². The molecule has 0 radical (unpaired) electrons. The second-order valence-electron chi connectivity index (χ2n) is 5.52. The summed E-state index contributed by atoms with van der Waals surface area (Å²) in [4.78, 5) is 25.4. The third-order valence-corrected chi connectivity index (χ3v) is 3.88. The quantitative estimate of drug-likeness (QED) is 0.746. The fourth-order valence-corrected chi connectivity index (χ4v) is 2.32. The number of likely N-dealkylation sites (tertiary alicyclic amines) is 1. The number of nitrogens with zero attached hydrogens (tertiary/aromatic N) is 1. The second kappa shape index (κ2) is 5.69. The van der Waals surface area contributed by atoms with Gasteiger partial charge in [0.05, 0.1) is 0 Å². The van der Waals surface area contributed by atoms with Crippen LogP contribution in [0.4, 0.5) is 0 Å². The molecule has 1 unspecified atom stereocenters. The van der Waals surface area contributed by atoms with Gasteiger partial charge in [0.2, 0.25) is 11.8 Å². The summed E-state index contributed by atoms with van der Waals surface area (Å²) in [5.74, 6) is 0.518. The van der Waals surface area contributed by atoms with Gasteiger partial charge in [-0.3, -0.25) is 9.59 Å². The van der Waals surface area contributed by atoms with E-state index in [0.29, 0.717) is 6.54 Å². The molecule has 3 N–H and O–H groups in total. The Morgan fingerprint density at radius 1 is 1.28 bits per heavy atom. The van der Waals surface area contributed by atoms with Crippen molar-refractivity contribution in [2.45, 2.75) is 38.6 Å². The van der Waals surface area contributed by atoms with Crippen LogP contribution >= 0.6 is 0 Å². The Morgan fingerprint density at radius 2 is 1.89 bits per heavy atom. The van der Waals surface area contributed by atoms with Crippen molar-refractivity contribution >= 4 is 11.8 Å². The van der Waals surface area contributed by atoms with E-state index in [1.165, 1.54) is 0 Å². The van der Waals surface area contributed by atoms with Crippen molar-refractivity contribution in [1.82, 2.24) is 10.2 Å². The molecule has 102 valence electrons. The maximum Gasteiger partial charge on any atom is 0.226 e. The summed E-state index contributed by atoms with van der Waals surface area (Å²) in [6.07, 6.45) is 3.80. The first-order chi connectivity index (χ1) is 8.61. The summed E-state index contributed by atoms with van der Waals surface area (Å²) >= 11 is 0. The van der Waals surface area contributed by atoms with Gasteiger partial charge in [-0.25, -0.2) is 0 Å². The third-order valence-electron chi connectivity index (χ3n) is 3.88. The average molecular weight is 253 g/mol.